The van der Waals surface area contributed by atoms with Crippen molar-refractivity contribution in [3.05, 3.63) is 40.9 Å². The largest absolute Gasteiger partial charge is 0.451 e. The summed E-state index contributed by atoms with van der Waals surface area (Å²) in [6.45, 7) is 1.57. The van der Waals surface area contributed by atoms with E-state index >= 15 is 0 Å². The van der Waals surface area contributed by atoms with Crippen molar-refractivity contribution in [3.63, 3.8) is 0 Å². The van der Waals surface area contributed by atoms with Gasteiger partial charge in [0, 0.05) is 18.7 Å². The van der Waals surface area contributed by atoms with Crippen LogP contribution in [0.5, 0.6) is 0 Å². The molecule has 0 aliphatic heterocycles. The van der Waals surface area contributed by atoms with Crippen LogP contribution in [0.25, 0.3) is 10.6 Å². The zero-order chi connectivity index (χ0) is 18.5. The van der Waals surface area contributed by atoms with Crippen LogP contribution < -0.4 is 0 Å². The number of thiazole rings is 1. The molecule has 3 rings (SSSR count). The van der Waals surface area contributed by atoms with E-state index in [1.54, 1.807) is 18.9 Å². The molecule has 0 saturated heterocycles. The predicted octanol–water partition coefficient (Wildman–Crippen LogP) is 4.07. The van der Waals surface area contributed by atoms with E-state index in [-0.39, 0.29) is 18.6 Å². The Kier molecular flexibility index (Phi) is 6.04. The number of ether oxygens (including phenoxy) is 1. The lowest BCUT2D eigenvalue weighted by atomic mass is 9.94. The number of carbonyl (C=O) groups is 2. The summed E-state index contributed by atoms with van der Waals surface area (Å²) in [5.41, 5.74) is 1.60. The molecular weight excluding hydrogens is 348 g/mol. The molecule has 1 aromatic carbocycles. The van der Waals surface area contributed by atoms with Gasteiger partial charge in [0.05, 0.1) is 5.69 Å². The lowest BCUT2D eigenvalue weighted by Crippen LogP contribution is -2.40. The SMILES string of the molecule is Cc1nc(-c2ccccc2)sc1C(=O)OCC(=O)N(C)C1CCCCC1. The number of hydrogen-bond donors (Lipinski definition) is 0. The Bertz CT molecular complexity index is 767. The van der Waals surface area contributed by atoms with E-state index < -0.39 is 5.97 Å². The van der Waals surface area contributed by atoms with Crippen LogP contribution in [-0.2, 0) is 9.53 Å². The Hall–Kier alpha value is -2.21. The van der Waals surface area contributed by atoms with Gasteiger partial charge in [-0.25, -0.2) is 9.78 Å². The third kappa shape index (κ3) is 4.30. The zero-order valence-electron chi connectivity index (χ0n) is 15.2. The van der Waals surface area contributed by atoms with Crippen molar-refractivity contribution in [2.45, 2.75) is 45.1 Å². The highest BCUT2D eigenvalue weighted by Gasteiger charge is 2.24. The van der Waals surface area contributed by atoms with Crippen LogP contribution in [0.4, 0.5) is 0 Å². The van der Waals surface area contributed by atoms with Gasteiger partial charge in [-0.3, -0.25) is 4.79 Å². The average Bonchev–Trinajstić information content (AvgIpc) is 3.08. The molecule has 1 heterocycles. The summed E-state index contributed by atoms with van der Waals surface area (Å²) in [4.78, 5) is 31.4. The fourth-order valence-corrected chi connectivity index (χ4v) is 4.22. The zero-order valence-corrected chi connectivity index (χ0v) is 16.1. The van der Waals surface area contributed by atoms with Crippen molar-refractivity contribution in [2.24, 2.45) is 0 Å². The number of nitrogens with zero attached hydrogens (tertiary/aromatic N) is 2. The van der Waals surface area contributed by atoms with Crippen LogP contribution in [0.15, 0.2) is 30.3 Å². The van der Waals surface area contributed by atoms with E-state index in [0.717, 1.165) is 36.3 Å². The van der Waals surface area contributed by atoms with Crippen LogP contribution in [0.2, 0.25) is 0 Å². The summed E-state index contributed by atoms with van der Waals surface area (Å²) in [5, 5.41) is 0.778. The summed E-state index contributed by atoms with van der Waals surface area (Å²) in [6, 6.07) is 9.98. The molecule has 0 atom stereocenters. The standard InChI is InChI=1S/C20H24N2O3S/c1-14-18(26-19(21-14)15-9-5-3-6-10-15)20(24)25-13-17(23)22(2)16-11-7-4-8-12-16/h3,5-6,9-10,16H,4,7-8,11-13H2,1-2H3. The van der Waals surface area contributed by atoms with Crippen LogP contribution in [0.1, 0.15) is 47.5 Å². The average molecular weight is 372 g/mol. The van der Waals surface area contributed by atoms with Crippen molar-refractivity contribution < 1.29 is 14.3 Å². The van der Waals surface area contributed by atoms with Gasteiger partial charge < -0.3 is 9.64 Å². The fraction of sp³-hybridized carbons (Fsp3) is 0.450. The van der Waals surface area contributed by atoms with Crippen molar-refractivity contribution in [1.29, 1.82) is 0 Å². The van der Waals surface area contributed by atoms with E-state index in [0.29, 0.717) is 10.6 Å². The lowest BCUT2D eigenvalue weighted by molar-refractivity contribution is -0.135. The molecule has 2 aromatic rings. The predicted molar refractivity (Wildman–Crippen MR) is 102 cm³/mol. The molecule has 0 unspecified atom stereocenters. The van der Waals surface area contributed by atoms with Gasteiger partial charge in [-0.15, -0.1) is 11.3 Å². The number of esters is 1. The van der Waals surface area contributed by atoms with Gasteiger partial charge in [0.15, 0.2) is 6.61 Å². The molecule has 1 aromatic heterocycles. The Morgan fingerprint density at radius 2 is 1.88 bits per heavy atom. The molecule has 0 spiro atoms. The second-order valence-electron chi connectivity index (χ2n) is 6.67. The highest BCUT2D eigenvalue weighted by molar-refractivity contribution is 7.17. The third-order valence-electron chi connectivity index (χ3n) is 4.85. The van der Waals surface area contributed by atoms with Crippen LogP contribution in [-0.4, -0.2) is 41.5 Å². The number of benzene rings is 1. The summed E-state index contributed by atoms with van der Waals surface area (Å²) in [5.74, 6) is -0.622. The molecule has 1 aliphatic carbocycles. The van der Waals surface area contributed by atoms with E-state index in [1.807, 2.05) is 30.3 Å². The van der Waals surface area contributed by atoms with Gasteiger partial charge in [-0.1, -0.05) is 49.6 Å². The summed E-state index contributed by atoms with van der Waals surface area (Å²) in [7, 11) is 1.80. The number of amides is 1. The number of rotatable bonds is 5. The first kappa shape index (κ1) is 18.6. The lowest BCUT2D eigenvalue weighted by Gasteiger charge is -2.31. The fourth-order valence-electron chi connectivity index (χ4n) is 3.26. The Labute approximate surface area is 158 Å². The first-order valence-corrected chi connectivity index (χ1v) is 9.83. The molecular formula is C20H24N2O3S. The molecule has 1 amide bonds. The molecule has 1 saturated carbocycles. The number of carbonyl (C=O) groups excluding carboxylic acids is 2. The van der Waals surface area contributed by atoms with Crippen LogP contribution in [0, 0.1) is 6.92 Å². The van der Waals surface area contributed by atoms with Crippen molar-refractivity contribution in [2.75, 3.05) is 13.7 Å². The van der Waals surface area contributed by atoms with Crippen molar-refractivity contribution in [3.8, 4) is 10.6 Å². The summed E-state index contributed by atoms with van der Waals surface area (Å²) < 4.78 is 5.27. The molecule has 1 aliphatic rings. The molecule has 0 bridgehead atoms. The highest BCUT2D eigenvalue weighted by atomic mass is 32.1. The molecule has 5 nitrogen and oxygen atoms in total. The van der Waals surface area contributed by atoms with Gasteiger partial charge in [0.1, 0.15) is 9.88 Å². The van der Waals surface area contributed by atoms with Gasteiger partial charge in [-0.2, -0.15) is 0 Å². The van der Waals surface area contributed by atoms with Gasteiger partial charge in [0.2, 0.25) is 0 Å². The first-order valence-electron chi connectivity index (χ1n) is 9.02. The maximum Gasteiger partial charge on any atom is 0.350 e. The minimum atomic E-state index is -0.479. The monoisotopic (exact) mass is 372 g/mol. The van der Waals surface area contributed by atoms with Gasteiger partial charge >= 0.3 is 5.97 Å². The molecule has 138 valence electrons. The summed E-state index contributed by atoms with van der Waals surface area (Å²) >= 11 is 1.30. The van der Waals surface area contributed by atoms with Gasteiger partial charge in [0.25, 0.3) is 5.91 Å². The number of aryl methyl sites for hydroxylation is 1. The molecule has 1 fully saturated rings. The first-order chi connectivity index (χ1) is 12.6. The second kappa shape index (κ2) is 8.45. The molecule has 0 radical (unpaired) electrons. The minimum absolute atomic E-state index is 0.143. The maximum atomic E-state index is 12.4. The minimum Gasteiger partial charge on any atom is -0.451 e. The Morgan fingerprint density at radius 3 is 2.58 bits per heavy atom. The van der Waals surface area contributed by atoms with E-state index in [1.165, 1.54) is 17.8 Å². The Morgan fingerprint density at radius 1 is 1.19 bits per heavy atom. The smallest absolute Gasteiger partial charge is 0.350 e. The van der Waals surface area contributed by atoms with E-state index in [9.17, 15) is 9.59 Å². The quantitative estimate of drug-likeness (QED) is 0.743. The number of aromatic nitrogens is 1. The number of hydrogen-bond acceptors (Lipinski definition) is 5. The van der Waals surface area contributed by atoms with E-state index in [4.69, 9.17) is 4.74 Å². The van der Waals surface area contributed by atoms with E-state index in [2.05, 4.69) is 4.98 Å². The molecule has 0 N–H and O–H groups in total. The van der Waals surface area contributed by atoms with Crippen LogP contribution >= 0.6 is 11.3 Å². The Balaban J connectivity index is 1.60. The van der Waals surface area contributed by atoms with Crippen LogP contribution in [0.3, 0.4) is 0 Å². The molecule has 26 heavy (non-hydrogen) atoms. The second-order valence-corrected chi connectivity index (χ2v) is 7.67. The third-order valence-corrected chi connectivity index (χ3v) is 6.03. The molecule has 6 heteroatoms. The normalized spacial score (nSPS) is 14.8. The number of likely N-dealkylation sites (N-methyl/N-ethyl adjacent to an activating group) is 1. The maximum absolute atomic E-state index is 12.4. The van der Waals surface area contributed by atoms with Crippen molar-refractivity contribution in [1.82, 2.24) is 9.88 Å². The highest BCUT2D eigenvalue weighted by Crippen LogP contribution is 2.28. The van der Waals surface area contributed by atoms with Crippen molar-refractivity contribution >= 4 is 23.2 Å². The topological polar surface area (TPSA) is 59.5 Å². The summed E-state index contributed by atoms with van der Waals surface area (Å²) in [6.07, 6.45) is 5.62. The van der Waals surface area contributed by atoms with Gasteiger partial charge in [-0.05, 0) is 19.8 Å².